The van der Waals surface area contributed by atoms with Crippen LogP contribution in [0.15, 0.2) is 83.8 Å². The maximum absolute atomic E-state index is 12.3. The Morgan fingerprint density at radius 2 is 1.59 bits per heavy atom. The number of nitrogens with two attached hydrogens (primary N) is 1. The average molecular weight is 397 g/mol. The molecule has 1 amide bonds. The van der Waals surface area contributed by atoms with Gasteiger partial charge in [-0.05, 0) is 35.7 Å². The molecule has 1 unspecified atom stereocenters. The highest BCUT2D eigenvalue weighted by atomic mass is 35.5. The van der Waals surface area contributed by atoms with E-state index >= 15 is 0 Å². The Bertz CT molecular complexity index is 887. The quantitative estimate of drug-likeness (QED) is 0.543. The van der Waals surface area contributed by atoms with Gasteiger partial charge in [0, 0.05) is 16.3 Å². The third-order valence-electron chi connectivity index (χ3n) is 4.07. The van der Waals surface area contributed by atoms with Crippen LogP contribution in [0.4, 0.5) is 5.69 Å². The first-order valence-corrected chi connectivity index (χ1v) is 10.0. The molecule has 5 heteroatoms. The van der Waals surface area contributed by atoms with Gasteiger partial charge >= 0.3 is 0 Å². The van der Waals surface area contributed by atoms with Crippen LogP contribution in [0.3, 0.4) is 0 Å². The zero-order valence-electron chi connectivity index (χ0n) is 14.8. The summed E-state index contributed by atoms with van der Waals surface area (Å²) in [6, 6.07) is 24.9. The van der Waals surface area contributed by atoms with Crippen LogP contribution in [-0.2, 0) is 17.0 Å². The minimum atomic E-state index is -0.613. The van der Waals surface area contributed by atoms with Gasteiger partial charge in [-0.25, -0.2) is 0 Å². The van der Waals surface area contributed by atoms with E-state index in [9.17, 15) is 4.79 Å². The Balaban J connectivity index is 1.57. The predicted octanol–water partition coefficient (Wildman–Crippen LogP) is 5.14. The van der Waals surface area contributed by atoms with Crippen molar-refractivity contribution in [3.63, 3.8) is 0 Å². The Hall–Kier alpha value is -2.27. The van der Waals surface area contributed by atoms with Crippen LogP contribution in [0.1, 0.15) is 11.1 Å². The molecule has 138 valence electrons. The normalized spacial score (nSPS) is 11.8. The minimum absolute atomic E-state index is 0.223. The lowest BCUT2D eigenvalue weighted by molar-refractivity contribution is -0.117. The number of halogens is 1. The summed E-state index contributed by atoms with van der Waals surface area (Å²) in [5, 5.41) is 3.46. The van der Waals surface area contributed by atoms with Crippen LogP contribution in [0, 0.1) is 0 Å². The molecule has 0 aliphatic heterocycles. The molecule has 3 nitrogen and oxygen atoms in total. The second-order valence-electron chi connectivity index (χ2n) is 6.20. The summed E-state index contributed by atoms with van der Waals surface area (Å²) in [7, 11) is 0. The largest absolute Gasteiger partial charge is 0.325 e. The van der Waals surface area contributed by atoms with Gasteiger partial charge in [-0.1, -0.05) is 72.3 Å². The molecule has 0 bridgehead atoms. The van der Waals surface area contributed by atoms with E-state index in [1.165, 1.54) is 5.56 Å². The third-order valence-corrected chi connectivity index (χ3v) is 5.64. The summed E-state index contributed by atoms with van der Waals surface area (Å²) in [4.78, 5) is 13.3. The van der Waals surface area contributed by atoms with E-state index in [1.807, 2.05) is 60.7 Å². The van der Waals surface area contributed by atoms with Gasteiger partial charge in [0.15, 0.2) is 0 Å². The van der Waals surface area contributed by atoms with Crippen molar-refractivity contribution < 1.29 is 4.79 Å². The van der Waals surface area contributed by atoms with E-state index < -0.39 is 6.04 Å². The average Bonchev–Trinajstić information content (AvgIpc) is 2.69. The molecule has 0 fully saturated rings. The highest BCUT2D eigenvalue weighted by Gasteiger charge is 2.15. The van der Waals surface area contributed by atoms with Crippen molar-refractivity contribution in [1.29, 1.82) is 0 Å². The Labute approximate surface area is 168 Å². The number of thioether (sulfide) groups is 1. The van der Waals surface area contributed by atoms with E-state index in [2.05, 4.69) is 17.4 Å². The highest BCUT2D eigenvalue weighted by molar-refractivity contribution is 7.98. The molecule has 1 atom stereocenters. The number of rotatable bonds is 7. The summed E-state index contributed by atoms with van der Waals surface area (Å²) in [5.41, 5.74) is 8.95. The topological polar surface area (TPSA) is 55.1 Å². The fourth-order valence-electron chi connectivity index (χ4n) is 2.63. The molecule has 0 aliphatic carbocycles. The minimum Gasteiger partial charge on any atom is -0.325 e. The number of hydrogen-bond donors (Lipinski definition) is 2. The zero-order chi connectivity index (χ0) is 19.1. The molecular formula is C22H21ClN2OS. The number of hydrogen-bond acceptors (Lipinski definition) is 3. The molecule has 0 saturated carbocycles. The Morgan fingerprint density at radius 1 is 0.963 bits per heavy atom. The van der Waals surface area contributed by atoms with Crippen molar-refractivity contribution in [3.05, 3.63) is 95.0 Å². The molecule has 3 aromatic carbocycles. The highest BCUT2D eigenvalue weighted by Crippen LogP contribution is 2.31. The lowest BCUT2D eigenvalue weighted by atomic mass is 10.1. The SMILES string of the molecule is NC(Cc1ccccc1)C(=O)Nc1ccc(SCc2ccccc2)c(Cl)c1. The van der Waals surface area contributed by atoms with Crippen molar-refractivity contribution >= 4 is 35.0 Å². The molecule has 0 spiro atoms. The van der Waals surface area contributed by atoms with Crippen molar-refractivity contribution in [2.75, 3.05) is 5.32 Å². The molecule has 3 rings (SSSR count). The van der Waals surface area contributed by atoms with E-state index in [1.54, 1.807) is 17.8 Å². The number of carbonyl (C=O) groups excluding carboxylic acids is 1. The lowest BCUT2D eigenvalue weighted by Crippen LogP contribution is -2.37. The van der Waals surface area contributed by atoms with Crippen molar-refractivity contribution in [3.8, 4) is 0 Å². The Morgan fingerprint density at radius 3 is 2.22 bits per heavy atom. The molecule has 27 heavy (non-hydrogen) atoms. The number of anilines is 1. The summed E-state index contributed by atoms with van der Waals surface area (Å²) in [6.07, 6.45) is 0.491. The van der Waals surface area contributed by atoms with Gasteiger partial charge in [-0.2, -0.15) is 0 Å². The van der Waals surface area contributed by atoms with Gasteiger partial charge in [-0.15, -0.1) is 11.8 Å². The standard InChI is InChI=1S/C22H21ClN2OS/c23-19-14-18(11-12-21(19)27-15-17-9-5-2-6-10-17)25-22(26)20(24)13-16-7-3-1-4-8-16/h1-12,14,20H,13,15,24H2,(H,25,26). The smallest absolute Gasteiger partial charge is 0.241 e. The van der Waals surface area contributed by atoms with Gasteiger partial charge < -0.3 is 11.1 Å². The third kappa shape index (κ3) is 5.86. The Kier molecular flexibility index (Phi) is 6.93. The summed E-state index contributed by atoms with van der Waals surface area (Å²) in [5.74, 6) is 0.619. The predicted molar refractivity (Wildman–Crippen MR) is 114 cm³/mol. The van der Waals surface area contributed by atoms with Crippen LogP contribution in [0.2, 0.25) is 5.02 Å². The number of carbonyl (C=O) groups is 1. The first-order chi connectivity index (χ1) is 13.1. The summed E-state index contributed by atoms with van der Waals surface area (Å²) < 4.78 is 0. The van der Waals surface area contributed by atoms with Gasteiger partial charge in [-0.3, -0.25) is 4.79 Å². The maximum Gasteiger partial charge on any atom is 0.241 e. The summed E-state index contributed by atoms with van der Waals surface area (Å²) in [6.45, 7) is 0. The molecule has 3 N–H and O–H groups in total. The van der Waals surface area contributed by atoms with Gasteiger partial charge in [0.05, 0.1) is 11.1 Å². The van der Waals surface area contributed by atoms with Crippen LogP contribution in [0.25, 0.3) is 0 Å². The van der Waals surface area contributed by atoms with Crippen LogP contribution in [-0.4, -0.2) is 11.9 Å². The van der Waals surface area contributed by atoms with Gasteiger partial charge in [0.1, 0.15) is 0 Å². The van der Waals surface area contributed by atoms with Crippen molar-refractivity contribution in [2.45, 2.75) is 23.1 Å². The molecule has 3 aromatic rings. The zero-order valence-corrected chi connectivity index (χ0v) is 16.3. The fraction of sp³-hybridized carbons (Fsp3) is 0.136. The molecule has 0 radical (unpaired) electrons. The van der Waals surface area contributed by atoms with Crippen molar-refractivity contribution in [1.82, 2.24) is 0 Å². The van der Waals surface area contributed by atoms with Crippen LogP contribution < -0.4 is 11.1 Å². The maximum atomic E-state index is 12.3. The van der Waals surface area contributed by atoms with Crippen LogP contribution >= 0.6 is 23.4 Å². The molecule has 0 aliphatic rings. The second-order valence-corrected chi connectivity index (χ2v) is 7.63. The monoisotopic (exact) mass is 396 g/mol. The first-order valence-electron chi connectivity index (χ1n) is 8.68. The van der Waals surface area contributed by atoms with Gasteiger partial charge in [0.25, 0.3) is 0 Å². The molecule has 0 saturated heterocycles. The fourth-order valence-corrected chi connectivity index (χ4v) is 3.85. The van der Waals surface area contributed by atoms with E-state index in [4.69, 9.17) is 17.3 Å². The number of amides is 1. The van der Waals surface area contributed by atoms with E-state index in [0.717, 1.165) is 16.2 Å². The van der Waals surface area contributed by atoms with E-state index in [0.29, 0.717) is 17.1 Å². The van der Waals surface area contributed by atoms with Gasteiger partial charge in [0.2, 0.25) is 5.91 Å². The second kappa shape index (κ2) is 9.60. The molecule has 0 aromatic heterocycles. The van der Waals surface area contributed by atoms with Crippen LogP contribution in [0.5, 0.6) is 0 Å². The number of benzene rings is 3. The number of nitrogens with one attached hydrogen (secondary N) is 1. The van der Waals surface area contributed by atoms with E-state index in [-0.39, 0.29) is 5.91 Å². The molecule has 0 heterocycles. The lowest BCUT2D eigenvalue weighted by Gasteiger charge is -2.13. The first kappa shape index (κ1) is 19.5. The molecular weight excluding hydrogens is 376 g/mol. The summed E-state index contributed by atoms with van der Waals surface area (Å²) >= 11 is 8.05. The van der Waals surface area contributed by atoms with Crippen molar-refractivity contribution in [2.24, 2.45) is 5.73 Å².